The predicted molar refractivity (Wildman–Crippen MR) is 188 cm³/mol. The fourth-order valence-electron chi connectivity index (χ4n) is 6.82. The molecule has 0 radical (unpaired) electrons. The Morgan fingerprint density at radius 2 is 2.19 bits per heavy atom. The minimum Gasteiger partial charge on any atom is -0.507 e. The number of hydrogen-bond acceptors (Lipinski definition) is 10. The molecular formula is C36H42FN7O3S. The highest BCUT2D eigenvalue weighted by Gasteiger charge is 2.32. The lowest BCUT2D eigenvalue weighted by atomic mass is 9.86. The SMILES string of the molecule is CCC/C=C(/NC(=NCC1=CC=CNN1)c1c(C)c(O)c(-c2ccc(F)c3sc(N)c(C#N)c23)c2c1COC2)OC(C)C1CCCN1C. The molecule has 10 nitrogen and oxygen atoms in total. The van der Waals surface area contributed by atoms with Crippen molar-refractivity contribution in [2.24, 2.45) is 4.99 Å². The summed E-state index contributed by atoms with van der Waals surface area (Å²) in [6, 6.07) is 5.40. The van der Waals surface area contributed by atoms with Gasteiger partial charge in [0, 0.05) is 34.3 Å². The number of nitrogen functional groups attached to an aromatic ring is 1. The molecule has 0 saturated carbocycles. The van der Waals surface area contributed by atoms with E-state index in [0.717, 1.165) is 60.4 Å². The zero-order valence-electron chi connectivity index (χ0n) is 27.7. The number of likely N-dealkylation sites (N-methyl/N-ethyl adjacent to an activating group) is 1. The number of nitrogens with zero attached hydrogens (tertiary/aromatic N) is 3. The lowest BCUT2D eigenvalue weighted by Gasteiger charge is -2.29. The predicted octanol–water partition coefficient (Wildman–Crippen LogP) is 6.19. The molecule has 12 heteroatoms. The molecule has 3 aromatic rings. The molecule has 1 aromatic heterocycles. The second-order valence-electron chi connectivity index (χ2n) is 12.4. The maximum absolute atomic E-state index is 15.0. The molecule has 2 unspecified atom stereocenters. The summed E-state index contributed by atoms with van der Waals surface area (Å²) >= 11 is 1.03. The van der Waals surface area contributed by atoms with Crippen LogP contribution in [0.15, 0.2) is 53.1 Å². The molecule has 0 amide bonds. The van der Waals surface area contributed by atoms with E-state index in [0.29, 0.717) is 51.9 Å². The Bertz CT molecular complexity index is 1890. The average Bonchev–Trinajstić information content (AvgIpc) is 3.82. The van der Waals surface area contributed by atoms with Crippen molar-refractivity contribution in [1.82, 2.24) is 21.1 Å². The van der Waals surface area contributed by atoms with Crippen molar-refractivity contribution >= 4 is 32.3 Å². The van der Waals surface area contributed by atoms with Gasteiger partial charge in [-0.15, -0.1) is 11.3 Å². The first-order chi connectivity index (χ1) is 23.2. The fraction of sp³-hybridized carbons (Fsp3) is 0.389. The topological polar surface area (TPSA) is 140 Å². The van der Waals surface area contributed by atoms with Gasteiger partial charge in [-0.05, 0) is 87.7 Å². The van der Waals surface area contributed by atoms with E-state index in [4.69, 9.17) is 20.2 Å². The van der Waals surface area contributed by atoms with Crippen molar-refractivity contribution in [3.63, 3.8) is 0 Å². The molecule has 0 bridgehead atoms. The van der Waals surface area contributed by atoms with Crippen molar-refractivity contribution in [2.75, 3.05) is 25.9 Å². The van der Waals surface area contributed by atoms with Crippen LogP contribution in [0, 0.1) is 24.1 Å². The van der Waals surface area contributed by atoms with E-state index in [9.17, 15) is 14.8 Å². The number of halogens is 1. The van der Waals surface area contributed by atoms with Crippen LogP contribution < -0.4 is 21.9 Å². The van der Waals surface area contributed by atoms with E-state index < -0.39 is 5.82 Å². The van der Waals surface area contributed by atoms with Gasteiger partial charge in [0.25, 0.3) is 0 Å². The number of allylic oxidation sites excluding steroid dienone is 3. The number of anilines is 1. The number of nitrogens with two attached hydrogens (primary N) is 1. The number of aromatic hydroxyl groups is 1. The van der Waals surface area contributed by atoms with Gasteiger partial charge in [-0.3, -0.25) is 9.89 Å². The molecule has 3 aliphatic heterocycles. The summed E-state index contributed by atoms with van der Waals surface area (Å²) < 4.78 is 27.9. The van der Waals surface area contributed by atoms with E-state index in [1.54, 1.807) is 12.3 Å². The number of unbranched alkanes of at least 4 members (excludes halogenated alkanes) is 1. The van der Waals surface area contributed by atoms with E-state index in [1.807, 2.05) is 19.1 Å². The van der Waals surface area contributed by atoms with Crippen molar-refractivity contribution in [3.05, 3.63) is 81.8 Å². The van der Waals surface area contributed by atoms with Crippen LogP contribution in [-0.4, -0.2) is 48.1 Å². The Kier molecular flexibility index (Phi) is 9.91. The molecule has 6 rings (SSSR count). The van der Waals surface area contributed by atoms with Crippen molar-refractivity contribution in [3.8, 4) is 22.9 Å². The number of amidine groups is 1. The van der Waals surface area contributed by atoms with Crippen LogP contribution >= 0.6 is 11.3 Å². The van der Waals surface area contributed by atoms with E-state index in [2.05, 4.69) is 54.1 Å². The normalized spacial score (nSPS) is 18.7. The molecule has 4 heterocycles. The molecule has 48 heavy (non-hydrogen) atoms. The van der Waals surface area contributed by atoms with E-state index in [1.165, 1.54) is 6.07 Å². The number of hydrazine groups is 1. The van der Waals surface area contributed by atoms with Crippen molar-refractivity contribution in [1.29, 1.82) is 5.26 Å². The van der Waals surface area contributed by atoms with Gasteiger partial charge < -0.3 is 36.5 Å². The highest BCUT2D eigenvalue weighted by molar-refractivity contribution is 7.23. The van der Waals surface area contributed by atoms with Crippen molar-refractivity contribution < 1.29 is 19.0 Å². The number of benzene rings is 2. The fourth-order valence-corrected chi connectivity index (χ4v) is 7.77. The molecule has 1 saturated heterocycles. The summed E-state index contributed by atoms with van der Waals surface area (Å²) in [5.74, 6) is 0.677. The van der Waals surface area contributed by atoms with Gasteiger partial charge in [0.15, 0.2) is 5.88 Å². The van der Waals surface area contributed by atoms with Crippen LogP contribution in [0.2, 0.25) is 0 Å². The highest BCUT2D eigenvalue weighted by atomic mass is 32.1. The highest BCUT2D eigenvalue weighted by Crippen LogP contribution is 2.48. The molecular weight excluding hydrogens is 630 g/mol. The Labute approximate surface area is 284 Å². The van der Waals surface area contributed by atoms with Gasteiger partial charge in [-0.2, -0.15) is 5.26 Å². The minimum atomic E-state index is -0.467. The number of phenolic OH excluding ortho intramolecular Hbond substituents is 1. The molecule has 2 aromatic carbocycles. The third-order valence-electron chi connectivity index (χ3n) is 9.27. The summed E-state index contributed by atoms with van der Waals surface area (Å²) in [7, 11) is 2.14. The summed E-state index contributed by atoms with van der Waals surface area (Å²) in [6.45, 7) is 7.93. The molecule has 0 spiro atoms. The number of hydrogen-bond donors (Lipinski definition) is 5. The van der Waals surface area contributed by atoms with E-state index >= 15 is 0 Å². The number of aliphatic imine (C=N–C) groups is 1. The summed E-state index contributed by atoms with van der Waals surface area (Å²) in [4.78, 5) is 7.40. The minimum absolute atomic E-state index is 0.00545. The smallest absolute Gasteiger partial charge is 0.188 e. The Morgan fingerprint density at radius 1 is 1.38 bits per heavy atom. The van der Waals surface area contributed by atoms with Crippen LogP contribution in [0.4, 0.5) is 9.39 Å². The number of nitriles is 1. The Balaban J connectivity index is 1.49. The first-order valence-electron chi connectivity index (χ1n) is 16.4. The van der Waals surface area contributed by atoms with Gasteiger partial charge in [0.2, 0.25) is 0 Å². The monoisotopic (exact) mass is 671 g/mol. The number of thiophene rings is 1. The Hall–Kier alpha value is -4.57. The number of likely N-dealkylation sites (tertiary alicyclic amines) is 1. The van der Waals surface area contributed by atoms with Crippen LogP contribution in [0.3, 0.4) is 0 Å². The summed E-state index contributed by atoms with van der Waals surface area (Å²) in [6.07, 6.45) is 11.6. The van der Waals surface area contributed by atoms with Gasteiger partial charge in [0.05, 0.1) is 35.7 Å². The molecule has 2 atom stereocenters. The average molecular weight is 672 g/mol. The zero-order chi connectivity index (χ0) is 33.9. The first kappa shape index (κ1) is 33.3. The van der Waals surface area contributed by atoms with Gasteiger partial charge in [-0.1, -0.05) is 19.4 Å². The number of rotatable bonds is 10. The quantitative estimate of drug-likeness (QED) is 0.0970. The number of phenols is 1. The maximum atomic E-state index is 15.0. The molecule has 1 fully saturated rings. The van der Waals surface area contributed by atoms with Crippen LogP contribution in [0.25, 0.3) is 21.2 Å². The van der Waals surface area contributed by atoms with Crippen molar-refractivity contribution in [2.45, 2.75) is 71.8 Å². The molecule has 3 aliphatic rings. The number of fused-ring (bicyclic) bond motifs is 2. The van der Waals surface area contributed by atoms with Gasteiger partial charge >= 0.3 is 0 Å². The van der Waals surface area contributed by atoms with E-state index in [-0.39, 0.29) is 40.3 Å². The molecule has 0 aliphatic carbocycles. The summed E-state index contributed by atoms with van der Waals surface area (Å²) in [5, 5.41) is 26.1. The lowest BCUT2D eigenvalue weighted by Crippen LogP contribution is -2.38. The van der Waals surface area contributed by atoms with Crippen LogP contribution in [0.5, 0.6) is 5.75 Å². The van der Waals surface area contributed by atoms with Crippen LogP contribution in [-0.2, 0) is 22.7 Å². The van der Waals surface area contributed by atoms with Gasteiger partial charge in [0.1, 0.15) is 34.6 Å². The molecule has 6 N–H and O–H groups in total. The second-order valence-corrected chi connectivity index (χ2v) is 13.5. The molecule has 252 valence electrons. The zero-order valence-corrected chi connectivity index (χ0v) is 28.6. The number of nitrogens with one attached hydrogen (secondary N) is 3. The first-order valence-corrected chi connectivity index (χ1v) is 17.2. The number of ether oxygens (including phenoxy) is 2. The third-order valence-corrected chi connectivity index (χ3v) is 10.3. The lowest BCUT2D eigenvalue weighted by molar-refractivity contribution is 0.0569. The van der Waals surface area contributed by atoms with Gasteiger partial charge in [-0.25, -0.2) is 4.39 Å². The third kappa shape index (κ3) is 6.33. The second kappa shape index (κ2) is 14.3. The Morgan fingerprint density at radius 3 is 2.90 bits per heavy atom. The van der Waals surface area contributed by atoms with Crippen LogP contribution in [0.1, 0.15) is 67.3 Å². The largest absolute Gasteiger partial charge is 0.507 e. The summed E-state index contributed by atoms with van der Waals surface area (Å²) in [5.41, 5.74) is 17.3. The standard InChI is InChI=1S/C36H42FN7O3S/c1-5-6-11-29(47-21(3)28-10-8-15-44(28)4)42-36(40-17-22-9-7-14-41-43-22)30-20(2)33(45)31(26-19-46-18-25(26)30)23-12-13-27(37)34-32(23)24(16-38)35(39)48-34/h7,9,11-14,21,28,41,43,45H,5-6,8,10,15,17-19,39H2,1-4H3,(H,40,42)/b29-11-. The maximum Gasteiger partial charge on any atom is 0.188 e.